The van der Waals surface area contributed by atoms with Crippen molar-refractivity contribution in [2.45, 2.75) is 19.3 Å². The minimum Gasteiger partial charge on any atom is -0.312 e. The first kappa shape index (κ1) is 19.8. The molecule has 0 atom stereocenters. The van der Waals surface area contributed by atoms with Crippen LogP contribution in [-0.2, 0) is 0 Å². The maximum absolute atomic E-state index is 13.6. The van der Waals surface area contributed by atoms with E-state index in [1.807, 2.05) is 0 Å². The molecule has 0 saturated heterocycles. The first-order valence-corrected chi connectivity index (χ1v) is 8.02. The molecule has 0 aromatic heterocycles. The molecule has 26 heavy (non-hydrogen) atoms. The van der Waals surface area contributed by atoms with Crippen molar-refractivity contribution in [3.63, 3.8) is 0 Å². The fourth-order valence-corrected chi connectivity index (χ4v) is 2.37. The van der Waals surface area contributed by atoms with E-state index in [2.05, 4.69) is 5.32 Å². The fourth-order valence-electron chi connectivity index (χ4n) is 2.11. The second-order valence-electron chi connectivity index (χ2n) is 5.61. The smallest absolute Gasteiger partial charge is 0.312 e. The standard InChI is InChI=1S/C18H16F4N2OS/c1-12-7-9-14(10-8-12)24(11-18(21,22)16(19)20)17(26)23-15(25)13-5-3-2-4-6-13/h2-10,16H,11H2,1H3,(H,23,25,26). The number of halogens is 4. The lowest BCUT2D eigenvalue weighted by molar-refractivity contribution is -0.119. The van der Waals surface area contributed by atoms with Crippen molar-refractivity contribution >= 4 is 28.9 Å². The molecule has 0 unspecified atom stereocenters. The molecule has 1 N–H and O–H groups in total. The summed E-state index contributed by atoms with van der Waals surface area (Å²) in [7, 11) is 0. The number of carbonyl (C=O) groups excluding carboxylic acids is 1. The van der Waals surface area contributed by atoms with E-state index in [-0.39, 0.29) is 16.4 Å². The second kappa shape index (κ2) is 8.27. The van der Waals surface area contributed by atoms with Gasteiger partial charge in [0.25, 0.3) is 5.91 Å². The maximum Gasteiger partial charge on any atom is 0.324 e. The van der Waals surface area contributed by atoms with Crippen LogP contribution in [0.5, 0.6) is 0 Å². The van der Waals surface area contributed by atoms with E-state index in [4.69, 9.17) is 12.2 Å². The number of nitrogens with zero attached hydrogens (tertiary/aromatic N) is 1. The summed E-state index contributed by atoms with van der Waals surface area (Å²) in [5.41, 5.74) is 1.29. The second-order valence-corrected chi connectivity index (χ2v) is 6.00. The summed E-state index contributed by atoms with van der Waals surface area (Å²) < 4.78 is 52.5. The molecule has 1 amide bonds. The number of aryl methyl sites for hydroxylation is 1. The van der Waals surface area contributed by atoms with Gasteiger partial charge in [0.1, 0.15) is 0 Å². The Balaban J connectivity index is 2.26. The highest BCUT2D eigenvalue weighted by Crippen LogP contribution is 2.27. The third-order valence-corrected chi connectivity index (χ3v) is 3.86. The largest absolute Gasteiger partial charge is 0.324 e. The first-order chi connectivity index (χ1) is 12.2. The molecular formula is C18H16F4N2OS. The van der Waals surface area contributed by atoms with Gasteiger partial charge in [0.15, 0.2) is 5.11 Å². The van der Waals surface area contributed by atoms with Gasteiger partial charge in [-0.25, -0.2) is 8.78 Å². The number of carbonyl (C=O) groups is 1. The summed E-state index contributed by atoms with van der Waals surface area (Å²) in [5.74, 6) is -4.92. The zero-order valence-electron chi connectivity index (χ0n) is 13.8. The van der Waals surface area contributed by atoms with Gasteiger partial charge < -0.3 is 4.90 Å². The van der Waals surface area contributed by atoms with E-state index in [1.165, 1.54) is 24.3 Å². The zero-order valence-corrected chi connectivity index (χ0v) is 14.6. The Bertz CT molecular complexity index is 767. The quantitative estimate of drug-likeness (QED) is 0.612. The monoisotopic (exact) mass is 384 g/mol. The molecule has 0 radical (unpaired) electrons. The number of hydrogen-bond acceptors (Lipinski definition) is 2. The van der Waals surface area contributed by atoms with Gasteiger partial charge in [0, 0.05) is 11.3 Å². The Morgan fingerprint density at radius 2 is 1.69 bits per heavy atom. The molecule has 2 rings (SSSR count). The summed E-state index contributed by atoms with van der Waals surface area (Å²) >= 11 is 5.04. The average molecular weight is 384 g/mol. The van der Waals surface area contributed by atoms with E-state index in [1.54, 1.807) is 37.3 Å². The molecule has 0 aliphatic heterocycles. The van der Waals surface area contributed by atoms with Crippen LogP contribution in [0.2, 0.25) is 0 Å². The highest BCUT2D eigenvalue weighted by atomic mass is 32.1. The molecule has 0 bridgehead atoms. The molecule has 138 valence electrons. The van der Waals surface area contributed by atoms with E-state index < -0.39 is 24.8 Å². The maximum atomic E-state index is 13.6. The molecule has 0 saturated carbocycles. The molecular weight excluding hydrogens is 368 g/mol. The van der Waals surface area contributed by atoms with Crippen LogP contribution in [0.15, 0.2) is 54.6 Å². The van der Waals surface area contributed by atoms with Crippen LogP contribution < -0.4 is 10.2 Å². The summed E-state index contributed by atoms with van der Waals surface area (Å²) in [6.07, 6.45) is -3.86. The van der Waals surface area contributed by atoms with Crippen molar-refractivity contribution in [1.82, 2.24) is 5.32 Å². The van der Waals surface area contributed by atoms with Crippen LogP contribution in [0.25, 0.3) is 0 Å². The number of thiocarbonyl (C=S) groups is 1. The van der Waals surface area contributed by atoms with Crippen LogP contribution in [0, 0.1) is 6.92 Å². The topological polar surface area (TPSA) is 32.3 Å². The highest BCUT2D eigenvalue weighted by Gasteiger charge is 2.43. The van der Waals surface area contributed by atoms with Crippen LogP contribution in [-0.4, -0.2) is 29.9 Å². The minimum atomic E-state index is -4.30. The predicted molar refractivity (Wildman–Crippen MR) is 96.0 cm³/mol. The van der Waals surface area contributed by atoms with E-state index in [0.717, 1.165) is 10.5 Å². The van der Waals surface area contributed by atoms with Crippen LogP contribution in [0.4, 0.5) is 23.2 Å². The van der Waals surface area contributed by atoms with Crippen molar-refractivity contribution in [1.29, 1.82) is 0 Å². The van der Waals surface area contributed by atoms with E-state index >= 15 is 0 Å². The lowest BCUT2D eigenvalue weighted by Gasteiger charge is -2.29. The van der Waals surface area contributed by atoms with Crippen molar-refractivity contribution in [3.05, 3.63) is 65.7 Å². The Hall–Kier alpha value is -2.48. The summed E-state index contributed by atoms with van der Waals surface area (Å²) in [5, 5.41) is 1.93. The predicted octanol–water partition coefficient (Wildman–Crippen LogP) is 4.42. The molecule has 0 aliphatic carbocycles. The third kappa shape index (κ3) is 5.01. The number of alkyl halides is 4. The number of rotatable bonds is 5. The average Bonchev–Trinajstić information content (AvgIpc) is 2.61. The Morgan fingerprint density at radius 3 is 2.23 bits per heavy atom. The van der Waals surface area contributed by atoms with Gasteiger partial charge in [-0.05, 0) is 43.4 Å². The minimum absolute atomic E-state index is 0.175. The summed E-state index contributed by atoms with van der Waals surface area (Å²) in [6.45, 7) is 0.430. The molecule has 2 aromatic carbocycles. The van der Waals surface area contributed by atoms with Crippen molar-refractivity contribution in [2.75, 3.05) is 11.4 Å². The summed E-state index contributed by atoms with van der Waals surface area (Å²) in [4.78, 5) is 13.0. The number of benzene rings is 2. The van der Waals surface area contributed by atoms with Crippen LogP contribution in [0.1, 0.15) is 15.9 Å². The lowest BCUT2D eigenvalue weighted by atomic mass is 10.2. The molecule has 3 nitrogen and oxygen atoms in total. The number of hydrogen-bond donors (Lipinski definition) is 1. The van der Waals surface area contributed by atoms with Crippen LogP contribution in [0.3, 0.4) is 0 Å². The van der Waals surface area contributed by atoms with E-state index in [0.29, 0.717) is 0 Å². The van der Waals surface area contributed by atoms with Gasteiger partial charge >= 0.3 is 12.3 Å². The van der Waals surface area contributed by atoms with Crippen molar-refractivity contribution in [2.24, 2.45) is 0 Å². The number of amides is 1. The van der Waals surface area contributed by atoms with Gasteiger partial charge in [-0.1, -0.05) is 35.9 Å². The highest BCUT2D eigenvalue weighted by molar-refractivity contribution is 7.80. The number of anilines is 1. The Morgan fingerprint density at radius 1 is 1.12 bits per heavy atom. The van der Waals surface area contributed by atoms with Crippen molar-refractivity contribution < 1.29 is 22.4 Å². The first-order valence-electron chi connectivity index (χ1n) is 7.61. The Labute approximate surface area is 153 Å². The van der Waals surface area contributed by atoms with Crippen molar-refractivity contribution in [3.8, 4) is 0 Å². The SMILES string of the molecule is Cc1ccc(N(CC(F)(F)C(F)F)C(=S)NC(=O)c2ccccc2)cc1. The van der Waals surface area contributed by atoms with Gasteiger partial charge in [-0.3, -0.25) is 10.1 Å². The summed E-state index contributed by atoms with van der Waals surface area (Å²) in [6, 6.07) is 14.2. The van der Waals surface area contributed by atoms with Gasteiger partial charge in [0.05, 0.1) is 6.54 Å². The fraction of sp³-hybridized carbons (Fsp3) is 0.222. The van der Waals surface area contributed by atoms with E-state index in [9.17, 15) is 22.4 Å². The van der Waals surface area contributed by atoms with Crippen LogP contribution >= 0.6 is 12.2 Å². The third-order valence-electron chi connectivity index (χ3n) is 3.54. The molecule has 0 heterocycles. The molecule has 8 heteroatoms. The van der Waals surface area contributed by atoms with Gasteiger partial charge in [-0.15, -0.1) is 0 Å². The van der Waals surface area contributed by atoms with Gasteiger partial charge in [-0.2, -0.15) is 8.78 Å². The lowest BCUT2D eigenvalue weighted by Crippen LogP contribution is -2.50. The molecule has 0 fully saturated rings. The zero-order chi connectivity index (χ0) is 19.3. The van der Waals surface area contributed by atoms with Gasteiger partial charge in [0.2, 0.25) is 0 Å². The molecule has 2 aromatic rings. The number of nitrogens with one attached hydrogen (secondary N) is 1. The molecule has 0 spiro atoms. The molecule has 0 aliphatic rings. The Kier molecular flexibility index (Phi) is 6.31. The normalized spacial score (nSPS) is 11.3.